The largest absolute Gasteiger partial charge is 0.368 e. The van der Waals surface area contributed by atoms with Gasteiger partial charge in [0.15, 0.2) is 0 Å². The molecule has 16 heavy (non-hydrogen) atoms. The first-order chi connectivity index (χ1) is 7.60. The van der Waals surface area contributed by atoms with Crippen molar-refractivity contribution < 1.29 is 4.39 Å². The molecular weight excluding hydrogens is 227 g/mol. The van der Waals surface area contributed by atoms with E-state index in [2.05, 4.69) is 6.07 Å². The highest BCUT2D eigenvalue weighted by atomic mass is 35.5. The minimum Gasteiger partial charge on any atom is -0.368 e. The zero-order chi connectivity index (χ0) is 12.1. The van der Waals surface area contributed by atoms with Crippen LogP contribution in [0.2, 0.25) is 0 Å². The molecule has 0 aliphatic heterocycles. The van der Waals surface area contributed by atoms with E-state index in [4.69, 9.17) is 16.9 Å². The summed E-state index contributed by atoms with van der Waals surface area (Å²) >= 11 is 5.62. The summed E-state index contributed by atoms with van der Waals surface area (Å²) in [6.07, 6.45) is 0.368. The molecule has 2 nitrogen and oxygen atoms in total. The monoisotopic (exact) mass is 240 g/mol. The third-order valence-corrected chi connectivity index (χ3v) is 2.90. The van der Waals surface area contributed by atoms with E-state index in [1.165, 1.54) is 6.07 Å². The third-order valence-electron chi connectivity index (χ3n) is 2.59. The number of halogens is 2. The zero-order valence-electron chi connectivity index (χ0n) is 9.37. The van der Waals surface area contributed by atoms with Crippen LogP contribution >= 0.6 is 11.6 Å². The molecule has 0 amide bonds. The zero-order valence-corrected chi connectivity index (χ0v) is 10.1. The third kappa shape index (κ3) is 2.86. The maximum absolute atomic E-state index is 13.7. The molecule has 0 radical (unpaired) electrons. The van der Waals surface area contributed by atoms with Gasteiger partial charge in [0, 0.05) is 19.0 Å². The van der Waals surface area contributed by atoms with E-state index in [9.17, 15) is 4.39 Å². The van der Waals surface area contributed by atoms with Gasteiger partial charge >= 0.3 is 0 Å². The van der Waals surface area contributed by atoms with E-state index in [-0.39, 0.29) is 11.9 Å². The summed E-state index contributed by atoms with van der Waals surface area (Å²) < 4.78 is 13.7. The maximum atomic E-state index is 13.7. The van der Waals surface area contributed by atoms with Crippen molar-refractivity contribution in [2.75, 3.05) is 11.9 Å². The number of nitriles is 1. The summed E-state index contributed by atoms with van der Waals surface area (Å²) in [5.74, 6) is -0.000257. The number of hydrogen-bond acceptors (Lipinski definition) is 2. The van der Waals surface area contributed by atoms with Gasteiger partial charge in [-0.3, -0.25) is 0 Å². The molecule has 86 valence electrons. The molecule has 0 heterocycles. The van der Waals surface area contributed by atoms with Crippen molar-refractivity contribution >= 4 is 17.3 Å². The summed E-state index contributed by atoms with van der Waals surface area (Å²) in [6.45, 7) is 1.89. The van der Waals surface area contributed by atoms with Crippen LogP contribution in [0.3, 0.4) is 0 Å². The topological polar surface area (TPSA) is 27.0 Å². The first-order valence-corrected chi connectivity index (χ1v) is 5.57. The molecule has 0 saturated heterocycles. The molecule has 0 bridgehead atoms. The van der Waals surface area contributed by atoms with Crippen LogP contribution in [0.25, 0.3) is 0 Å². The summed E-state index contributed by atoms with van der Waals surface area (Å²) in [6, 6.07) is 6.98. The molecular formula is C12H14ClFN2. The fourth-order valence-corrected chi connectivity index (χ4v) is 1.59. The van der Waals surface area contributed by atoms with Crippen LogP contribution in [0.5, 0.6) is 0 Å². The van der Waals surface area contributed by atoms with Crippen LogP contribution in [0, 0.1) is 17.1 Å². The van der Waals surface area contributed by atoms with Gasteiger partial charge in [-0.1, -0.05) is 6.07 Å². The highest BCUT2D eigenvalue weighted by molar-refractivity contribution is 6.17. The Morgan fingerprint density at radius 1 is 1.56 bits per heavy atom. The Hall–Kier alpha value is -1.27. The Morgan fingerprint density at radius 3 is 2.75 bits per heavy atom. The van der Waals surface area contributed by atoms with Crippen LogP contribution in [0.4, 0.5) is 10.1 Å². The number of hydrogen-bond donors (Lipinski definition) is 0. The molecule has 1 aromatic rings. The number of anilines is 1. The number of rotatable bonds is 4. The average molecular weight is 241 g/mol. The molecule has 0 N–H and O–H groups in total. The molecule has 1 rings (SSSR count). The van der Waals surface area contributed by atoms with Crippen LogP contribution < -0.4 is 4.90 Å². The lowest BCUT2D eigenvalue weighted by Crippen LogP contribution is -2.29. The Bertz CT molecular complexity index is 400. The predicted octanol–water partition coefficient (Wildman–Crippen LogP) is 3.30. The van der Waals surface area contributed by atoms with Crippen molar-refractivity contribution in [3.8, 4) is 6.07 Å². The predicted molar refractivity (Wildman–Crippen MR) is 64.1 cm³/mol. The molecule has 1 unspecified atom stereocenters. The molecule has 4 heteroatoms. The van der Waals surface area contributed by atoms with E-state index < -0.39 is 0 Å². The summed E-state index contributed by atoms with van der Waals surface area (Å²) in [5.41, 5.74) is 1.25. The van der Waals surface area contributed by atoms with Crippen molar-refractivity contribution in [3.63, 3.8) is 0 Å². The van der Waals surface area contributed by atoms with Gasteiger partial charge in [-0.15, -0.1) is 11.6 Å². The summed E-state index contributed by atoms with van der Waals surface area (Å²) in [4.78, 5) is 1.76. The van der Waals surface area contributed by atoms with Gasteiger partial charge in [-0.05, 0) is 24.6 Å². The van der Waals surface area contributed by atoms with Crippen molar-refractivity contribution in [2.45, 2.75) is 25.3 Å². The molecule has 1 atom stereocenters. The molecule has 0 saturated carbocycles. The smallest absolute Gasteiger partial charge is 0.146 e. The highest BCUT2D eigenvalue weighted by Gasteiger charge is 2.13. The van der Waals surface area contributed by atoms with E-state index in [1.54, 1.807) is 24.1 Å². The molecule has 0 aliphatic carbocycles. The lowest BCUT2D eigenvalue weighted by atomic mass is 10.1. The first-order valence-electron chi connectivity index (χ1n) is 5.04. The Morgan fingerprint density at radius 2 is 2.25 bits per heavy atom. The molecule has 0 fully saturated rings. The summed E-state index contributed by atoms with van der Waals surface area (Å²) in [7, 11) is 1.78. The van der Waals surface area contributed by atoms with Gasteiger partial charge < -0.3 is 4.90 Å². The van der Waals surface area contributed by atoms with E-state index in [0.29, 0.717) is 18.0 Å². The Balaban J connectivity index is 2.92. The van der Waals surface area contributed by atoms with Crippen molar-refractivity contribution in [3.05, 3.63) is 29.6 Å². The lowest BCUT2D eigenvalue weighted by Gasteiger charge is -2.25. The fourth-order valence-electron chi connectivity index (χ4n) is 1.43. The maximum Gasteiger partial charge on any atom is 0.146 e. The average Bonchev–Trinajstić information content (AvgIpc) is 2.28. The van der Waals surface area contributed by atoms with Gasteiger partial charge in [0.05, 0.1) is 18.2 Å². The summed E-state index contributed by atoms with van der Waals surface area (Å²) in [5, 5.41) is 8.60. The van der Waals surface area contributed by atoms with Crippen LogP contribution in [0.15, 0.2) is 18.2 Å². The van der Waals surface area contributed by atoms with E-state index in [1.807, 2.05) is 6.92 Å². The number of alkyl halides is 1. The Labute approximate surface area is 100 Å². The second-order valence-electron chi connectivity index (χ2n) is 3.74. The second-order valence-corrected chi connectivity index (χ2v) is 4.01. The Kier molecular flexibility index (Phi) is 4.57. The molecule has 0 aromatic heterocycles. The van der Waals surface area contributed by atoms with E-state index in [0.717, 1.165) is 5.56 Å². The lowest BCUT2D eigenvalue weighted by molar-refractivity contribution is 0.606. The van der Waals surface area contributed by atoms with Gasteiger partial charge in [0.2, 0.25) is 0 Å². The van der Waals surface area contributed by atoms with Gasteiger partial charge in [-0.2, -0.15) is 5.26 Å². The van der Waals surface area contributed by atoms with Gasteiger partial charge in [-0.25, -0.2) is 4.39 Å². The highest BCUT2D eigenvalue weighted by Crippen LogP contribution is 2.22. The number of nitrogens with zero attached hydrogens (tertiary/aromatic N) is 2. The van der Waals surface area contributed by atoms with Crippen molar-refractivity contribution in [1.82, 2.24) is 0 Å². The van der Waals surface area contributed by atoms with Crippen LogP contribution in [-0.2, 0) is 5.88 Å². The molecule has 0 aliphatic rings. The van der Waals surface area contributed by atoms with Crippen molar-refractivity contribution in [2.24, 2.45) is 0 Å². The fraction of sp³-hybridized carbons (Fsp3) is 0.417. The van der Waals surface area contributed by atoms with Crippen LogP contribution in [0.1, 0.15) is 18.9 Å². The second kappa shape index (κ2) is 5.72. The minimum atomic E-state index is -0.301. The minimum absolute atomic E-state index is 0.0126. The molecule has 1 aromatic carbocycles. The normalized spacial score (nSPS) is 11.9. The standard InChI is InChI=1S/C12H14ClFN2/c1-9(5-6-15)16(2)12-4-3-10(8-13)7-11(12)14/h3-4,7,9H,5,8H2,1-2H3. The first kappa shape index (κ1) is 12.8. The van der Waals surface area contributed by atoms with Gasteiger partial charge in [0.1, 0.15) is 5.82 Å². The van der Waals surface area contributed by atoms with Crippen LogP contribution in [-0.4, -0.2) is 13.1 Å². The van der Waals surface area contributed by atoms with E-state index >= 15 is 0 Å². The SMILES string of the molecule is CC(CC#N)N(C)c1ccc(CCl)cc1F. The quantitative estimate of drug-likeness (QED) is 0.755. The number of benzene rings is 1. The van der Waals surface area contributed by atoms with Gasteiger partial charge in [0.25, 0.3) is 0 Å². The van der Waals surface area contributed by atoms with Crippen molar-refractivity contribution in [1.29, 1.82) is 5.26 Å². The molecule has 0 spiro atoms.